The van der Waals surface area contributed by atoms with Gasteiger partial charge in [-0.3, -0.25) is 4.79 Å². The van der Waals surface area contributed by atoms with Gasteiger partial charge in [0.15, 0.2) is 0 Å². The lowest BCUT2D eigenvalue weighted by atomic mass is 9.87. The highest BCUT2D eigenvalue weighted by Gasteiger charge is 2.40. The van der Waals surface area contributed by atoms with Crippen molar-refractivity contribution in [2.75, 3.05) is 13.9 Å². The predicted octanol–water partition coefficient (Wildman–Crippen LogP) is 4.17. The van der Waals surface area contributed by atoms with E-state index in [1.807, 2.05) is 4.90 Å². The zero-order valence-corrected chi connectivity index (χ0v) is 18.7. The number of nitrogens with zero attached hydrogens (tertiary/aromatic N) is 1. The van der Waals surface area contributed by atoms with Gasteiger partial charge in [0.25, 0.3) is 0 Å². The molecule has 5 nitrogen and oxygen atoms in total. The molecule has 1 saturated heterocycles. The van der Waals surface area contributed by atoms with E-state index in [-0.39, 0.29) is 31.2 Å². The van der Waals surface area contributed by atoms with Gasteiger partial charge in [-0.05, 0) is 69.1 Å². The van der Waals surface area contributed by atoms with Crippen molar-refractivity contribution in [2.45, 2.75) is 88.9 Å². The minimum atomic E-state index is -0.629. The van der Waals surface area contributed by atoms with E-state index in [2.05, 4.69) is 6.92 Å². The first-order valence-corrected chi connectivity index (χ1v) is 11.5. The van der Waals surface area contributed by atoms with Crippen LogP contribution in [0.15, 0.2) is 18.2 Å². The van der Waals surface area contributed by atoms with Crippen LogP contribution < -0.4 is 5.73 Å². The van der Waals surface area contributed by atoms with E-state index in [0.717, 1.165) is 38.2 Å². The highest BCUT2D eigenvalue weighted by molar-refractivity contribution is 5.77. The number of piperidine rings is 1. The fourth-order valence-electron chi connectivity index (χ4n) is 5.33. The third-order valence-corrected chi connectivity index (χ3v) is 6.75. The molecule has 0 unspecified atom stereocenters. The molecule has 1 heterocycles. The van der Waals surface area contributed by atoms with Gasteiger partial charge in [0.2, 0.25) is 5.91 Å². The normalized spacial score (nSPS) is 24.4. The van der Waals surface area contributed by atoms with Crippen LogP contribution in [0.3, 0.4) is 0 Å². The lowest BCUT2D eigenvalue weighted by Crippen LogP contribution is -2.59. The van der Waals surface area contributed by atoms with Crippen molar-refractivity contribution < 1.29 is 23.0 Å². The van der Waals surface area contributed by atoms with Crippen molar-refractivity contribution in [1.29, 1.82) is 0 Å². The van der Waals surface area contributed by atoms with Crippen molar-refractivity contribution in [3.05, 3.63) is 35.4 Å². The number of hydrogen-bond donors (Lipinski definition) is 1. The molecule has 3 rings (SSSR count). The molecule has 1 aliphatic carbocycles. The Bertz CT molecular complexity index is 707. The number of carbonyl (C=O) groups excluding carboxylic acids is 1. The largest absolute Gasteiger partial charge is 0.359 e. The van der Waals surface area contributed by atoms with Gasteiger partial charge in [0, 0.05) is 31.7 Å². The summed E-state index contributed by atoms with van der Waals surface area (Å²) in [4.78, 5) is 15.3. The fourth-order valence-corrected chi connectivity index (χ4v) is 5.33. The highest BCUT2D eigenvalue weighted by atomic mass is 19.1. The number of halogens is 2. The molecule has 2 aliphatic rings. The minimum absolute atomic E-state index is 0.0470. The summed E-state index contributed by atoms with van der Waals surface area (Å²) in [5.41, 5.74) is 7.01. The topological polar surface area (TPSA) is 64.8 Å². The summed E-state index contributed by atoms with van der Waals surface area (Å²) >= 11 is 0. The van der Waals surface area contributed by atoms with Gasteiger partial charge in [-0.15, -0.1) is 0 Å². The molecule has 0 aromatic heterocycles. The number of rotatable bonds is 9. The molecule has 1 aliphatic heterocycles. The number of amides is 1. The van der Waals surface area contributed by atoms with Crippen molar-refractivity contribution in [3.8, 4) is 0 Å². The lowest BCUT2D eigenvalue weighted by Gasteiger charge is -2.46. The molecule has 0 spiro atoms. The molecule has 2 fully saturated rings. The Hall–Kier alpha value is -1.57. The van der Waals surface area contributed by atoms with E-state index in [9.17, 15) is 13.6 Å². The third kappa shape index (κ3) is 6.46. The van der Waals surface area contributed by atoms with Gasteiger partial charge in [0.05, 0.1) is 12.1 Å². The SMILES string of the molecule is COCO[C@H]([C@H]1CCC[C@H](C)N1C(=O)CC1CCCC1)[C@@H](N)Cc1cc(F)cc(F)c1. The maximum Gasteiger partial charge on any atom is 0.223 e. The molecule has 4 atom stereocenters. The summed E-state index contributed by atoms with van der Waals surface area (Å²) in [6, 6.07) is 2.83. The molecular formula is C24H36F2N2O3. The Morgan fingerprint density at radius 2 is 1.81 bits per heavy atom. The van der Waals surface area contributed by atoms with Crippen LogP contribution in [0.2, 0.25) is 0 Å². The van der Waals surface area contributed by atoms with E-state index in [0.29, 0.717) is 17.9 Å². The maximum atomic E-state index is 13.7. The van der Waals surface area contributed by atoms with Crippen LogP contribution in [0.4, 0.5) is 8.78 Å². The van der Waals surface area contributed by atoms with E-state index in [1.165, 1.54) is 32.1 Å². The van der Waals surface area contributed by atoms with Gasteiger partial charge >= 0.3 is 0 Å². The average Bonchev–Trinajstić information content (AvgIpc) is 3.20. The molecule has 174 valence electrons. The second-order valence-electron chi connectivity index (χ2n) is 9.19. The maximum absolute atomic E-state index is 13.7. The number of likely N-dealkylation sites (tertiary alicyclic amines) is 1. The first-order chi connectivity index (χ1) is 14.9. The number of hydrogen-bond acceptors (Lipinski definition) is 4. The van der Waals surface area contributed by atoms with Crippen molar-refractivity contribution in [2.24, 2.45) is 11.7 Å². The number of benzene rings is 1. The van der Waals surface area contributed by atoms with Crippen LogP contribution in [0, 0.1) is 17.6 Å². The Labute approximate surface area is 184 Å². The van der Waals surface area contributed by atoms with Crippen LogP contribution in [0.5, 0.6) is 0 Å². The Morgan fingerprint density at radius 3 is 2.45 bits per heavy atom. The summed E-state index contributed by atoms with van der Waals surface area (Å²) in [6.07, 6.45) is 7.70. The van der Waals surface area contributed by atoms with Gasteiger partial charge in [-0.1, -0.05) is 12.8 Å². The number of ether oxygens (including phenoxy) is 2. The first kappa shape index (κ1) is 24.1. The monoisotopic (exact) mass is 438 g/mol. The summed E-state index contributed by atoms with van der Waals surface area (Å²) < 4.78 is 38.5. The molecule has 1 aromatic carbocycles. The molecule has 1 aromatic rings. The van der Waals surface area contributed by atoms with E-state index in [1.54, 1.807) is 0 Å². The van der Waals surface area contributed by atoms with Gasteiger partial charge in [-0.2, -0.15) is 0 Å². The van der Waals surface area contributed by atoms with Crippen LogP contribution in [0.1, 0.15) is 63.9 Å². The summed E-state index contributed by atoms with van der Waals surface area (Å²) in [5.74, 6) is -0.629. The smallest absolute Gasteiger partial charge is 0.223 e. The number of methoxy groups -OCH3 is 1. The molecule has 7 heteroatoms. The van der Waals surface area contributed by atoms with Crippen LogP contribution >= 0.6 is 0 Å². The second kappa shape index (κ2) is 11.3. The fraction of sp³-hybridized carbons (Fsp3) is 0.708. The van der Waals surface area contributed by atoms with E-state index < -0.39 is 23.8 Å². The van der Waals surface area contributed by atoms with Crippen molar-refractivity contribution in [1.82, 2.24) is 4.90 Å². The molecule has 31 heavy (non-hydrogen) atoms. The zero-order chi connectivity index (χ0) is 22.4. The van der Waals surface area contributed by atoms with Crippen LogP contribution in [-0.4, -0.2) is 48.9 Å². The number of carbonyl (C=O) groups is 1. The second-order valence-corrected chi connectivity index (χ2v) is 9.19. The average molecular weight is 439 g/mol. The zero-order valence-electron chi connectivity index (χ0n) is 18.7. The summed E-state index contributed by atoms with van der Waals surface area (Å²) in [6.45, 7) is 2.13. The Kier molecular flexibility index (Phi) is 8.81. The minimum Gasteiger partial charge on any atom is -0.359 e. The highest BCUT2D eigenvalue weighted by Crippen LogP contribution is 2.33. The van der Waals surface area contributed by atoms with Crippen LogP contribution in [0.25, 0.3) is 0 Å². The number of nitrogens with two attached hydrogens (primary N) is 1. The molecule has 0 radical (unpaired) electrons. The summed E-state index contributed by atoms with van der Waals surface area (Å²) in [7, 11) is 1.54. The van der Waals surface area contributed by atoms with E-state index in [4.69, 9.17) is 15.2 Å². The predicted molar refractivity (Wildman–Crippen MR) is 115 cm³/mol. The van der Waals surface area contributed by atoms with Gasteiger partial charge in [0.1, 0.15) is 18.4 Å². The molecule has 1 amide bonds. The van der Waals surface area contributed by atoms with Crippen molar-refractivity contribution >= 4 is 5.91 Å². The van der Waals surface area contributed by atoms with Gasteiger partial charge < -0.3 is 20.1 Å². The molecule has 1 saturated carbocycles. The van der Waals surface area contributed by atoms with Crippen LogP contribution in [-0.2, 0) is 20.7 Å². The Morgan fingerprint density at radius 1 is 1.13 bits per heavy atom. The first-order valence-electron chi connectivity index (χ1n) is 11.5. The quantitative estimate of drug-likeness (QED) is 0.588. The third-order valence-electron chi connectivity index (χ3n) is 6.75. The Balaban J connectivity index is 1.78. The van der Waals surface area contributed by atoms with Crippen molar-refractivity contribution in [3.63, 3.8) is 0 Å². The standard InChI is InChI=1S/C24H36F2N2O3/c1-16-6-5-9-22(28(16)23(29)13-17-7-3-4-8-17)24(31-15-30-2)21(27)12-18-10-19(25)14-20(26)11-18/h10-11,14,16-17,21-22,24H,3-9,12-13,15,27H2,1-2H3/t16-,21-,22+,24-/m0/s1. The molecule has 2 N–H and O–H groups in total. The summed E-state index contributed by atoms with van der Waals surface area (Å²) in [5, 5.41) is 0. The van der Waals surface area contributed by atoms with E-state index >= 15 is 0 Å². The van der Waals surface area contributed by atoms with Gasteiger partial charge in [-0.25, -0.2) is 8.78 Å². The molecule has 0 bridgehead atoms. The lowest BCUT2D eigenvalue weighted by molar-refractivity contribution is -0.153. The molecular weight excluding hydrogens is 402 g/mol.